The highest BCUT2D eigenvalue weighted by Gasteiger charge is 2.50. The molecule has 5 rings (SSSR count). The summed E-state index contributed by atoms with van der Waals surface area (Å²) in [5, 5.41) is 0. The van der Waals surface area contributed by atoms with Crippen molar-refractivity contribution in [3.63, 3.8) is 0 Å². The van der Waals surface area contributed by atoms with Crippen molar-refractivity contribution in [2.75, 3.05) is 6.61 Å². The van der Waals surface area contributed by atoms with Crippen LogP contribution in [0.1, 0.15) is 29.2 Å². The predicted octanol–water partition coefficient (Wildman–Crippen LogP) is 5.16. The monoisotopic (exact) mass is 501 g/mol. The molecule has 2 N–H and O–H groups in total. The summed E-state index contributed by atoms with van der Waals surface area (Å²) in [5.41, 5.74) is 10.1. The van der Waals surface area contributed by atoms with Crippen LogP contribution in [0.3, 0.4) is 0 Å². The summed E-state index contributed by atoms with van der Waals surface area (Å²) in [7, 11) is 0. The second-order valence-corrected chi connectivity index (χ2v) is 8.95. The molecule has 0 radical (unpaired) electrons. The molecule has 0 fully saturated rings. The first-order valence-electron chi connectivity index (χ1n) is 12.4. The third-order valence-corrected chi connectivity index (χ3v) is 6.60. The van der Waals surface area contributed by atoms with E-state index in [0.29, 0.717) is 12.2 Å². The number of ether oxygens (including phenoxy) is 1. The van der Waals surface area contributed by atoms with Crippen LogP contribution in [-0.4, -0.2) is 29.3 Å². The van der Waals surface area contributed by atoms with Gasteiger partial charge in [0.2, 0.25) is 5.76 Å². The van der Waals surface area contributed by atoms with Crippen molar-refractivity contribution in [1.29, 1.82) is 0 Å². The molecule has 0 bridgehead atoms. The molecule has 1 aliphatic heterocycles. The fraction of sp³-hybridized carbons (Fsp3) is 0.125. The summed E-state index contributed by atoms with van der Waals surface area (Å²) in [4.78, 5) is 31.8. The summed E-state index contributed by atoms with van der Waals surface area (Å²) in [6, 6.07) is 34.5. The first-order valence-corrected chi connectivity index (χ1v) is 12.4. The number of guanidine groups is 1. The van der Waals surface area contributed by atoms with Crippen LogP contribution in [0.15, 0.2) is 114 Å². The molecule has 0 atom stereocenters. The normalized spacial score (nSPS) is 14.1. The maximum atomic E-state index is 14.1. The van der Waals surface area contributed by atoms with Gasteiger partial charge in [-0.3, -0.25) is 9.69 Å². The Morgan fingerprint density at radius 1 is 0.868 bits per heavy atom. The fourth-order valence-electron chi connectivity index (χ4n) is 4.82. The molecule has 1 heterocycles. The standard InChI is InChI=1S/C32H27N3O3/c1-2-38-29(22-36)26-14-10-13-25(20-26)24-12-9-11-23(19-24)21-35-30(37)32(34-31(35)33,27-15-5-3-6-16-27)28-17-7-4-8-18-28/h3-20H,2,21H2,1H3,(H2,33,34). The Balaban J connectivity index is 1.48. The van der Waals surface area contributed by atoms with Gasteiger partial charge in [-0.15, -0.1) is 0 Å². The topological polar surface area (TPSA) is 85.0 Å². The Bertz CT molecular complexity index is 1500. The Morgan fingerprint density at radius 2 is 1.47 bits per heavy atom. The molecule has 4 aromatic rings. The van der Waals surface area contributed by atoms with E-state index >= 15 is 0 Å². The number of nitrogens with two attached hydrogens (primary N) is 1. The molecule has 0 saturated heterocycles. The summed E-state index contributed by atoms with van der Waals surface area (Å²) in [5.74, 6) is 2.03. The Hall–Kier alpha value is -4.93. The van der Waals surface area contributed by atoms with Gasteiger partial charge in [0.05, 0.1) is 13.2 Å². The SMILES string of the molecule is CCOC(=C=O)c1cccc(-c2cccc(CN3C(=O)C(c4ccccc4)(c4ccccc4)N=C3N)c2)c1. The molecule has 0 unspecified atom stereocenters. The number of nitrogens with zero attached hydrogens (tertiary/aromatic N) is 2. The Labute approximate surface area is 221 Å². The summed E-state index contributed by atoms with van der Waals surface area (Å²) < 4.78 is 5.42. The van der Waals surface area contributed by atoms with Crippen molar-refractivity contribution < 1.29 is 14.3 Å². The second-order valence-electron chi connectivity index (χ2n) is 8.95. The van der Waals surface area contributed by atoms with Gasteiger partial charge in [-0.05, 0) is 46.9 Å². The highest BCUT2D eigenvalue weighted by atomic mass is 16.5. The van der Waals surface area contributed by atoms with Gasteiger partial charge in [-0.2, -0.15) is 0 Å². The number of hydrogen-bond acceptors (Lipinski definition) is 5. The Kier molecular flexibility index (Phi) is 6.90. The van der Waals surface area contributed by atoms with Gasteiger partial charge in [0.1, 0.15) is 0 Å². The molecule has 1 aliphatic rings. The zero-order valence-electron chi connectivity index (χ0n) is 21.0. The largest absolute Gasteiger partial charge is 0.483 e. The van der Waals surface area contributed by atoms with Gasteiger partial charge in [-0.1, -0.05) is 97.1 Å². The van der Waals surface area contributed by atoms with Crippen molar-refractivity contribution in [3.8, 4) is 11.1 Å². The summed E-state index contributed by atoms with van der Waals surface area (Å²) in [6.45, 7) is 2.47. The molecule has 6 nitrogen and oxygen atoms in total. The number of benzene rings is 4. The van der Waals surface area contributed by atoms with E-state index in [0.717, 1.165) is 27.8 Å². The van der Waals surface area contributed by atoms with Crippen LogP contribution < -0.4 is 5.73 Å². The summed E-state index contributed by atoms with van der Waals surface area (Å²) >= 11 is 0. The molecule has 0 saturated carbocycles. The number of carbonyl (C=O) groups is 1. The highest BCUT2D eigenvalue weighted by molar-refractivity contribution is 6.09. The smallest absolute Gasteiger partial charge is 0.266 e. The van der Waals surface area contributed by atoms with E-state index in [-0.39, 0.29) is 24.2 Å². The lowest BCUT2D eigenvalue weighted by Gasteiger charge is -2.27. The van der Waals surface area contributed by atoms with Crippen molar-refractivity contribution in [3.05, 3.63) is 131 Å². The zero-order chi connectivity index (χ0) is 26.5. The molecular weight excluding hydrogens is 474 g/mol. The van der Waals surface area contributed by atoms with Crippen molar-refractivity contribution in [2.24, 2.45) is 10.7 Å². The number of hydrogen-bond donors (Lipinski definition) is 1. The maximum absolute atomic E-state index is 14.1. The van der Waals surface area contributed by atoms with E-state index in [1.807, 2.05) is 122 Å². The first kappa shape index (κ1) is 24.8. The average Bonchev–Trinajstić information content (AvgIpc) is 3.22. The lowest BCUT2D eigenvalue weighted by molar-refractivity contribution is -0.130. The average molecular weight is 502 g/mol. The second kappa shape index (κ2) is 10.6. The van der Waals surface area contributed by atoms with E-state index in [2.05, 4.69) is 0 Å². The third-order valence-electron chi connectivity index (χ3n) is 6.60. The summed E-state index contributed by atoms with van der Waals surface area (Å²) in [6.07, 6.45) is 0. The number of carbonyl (C=O) groups excluding carboxylic acids is 2. The van der Waals surface area contributed by atoms with Crippen LogP contribution in [0.5, 0.6) is 0 Å². The molecule has 38 heavy (non-hydrogen) atoms. The van der Waals surface area contributed by atoms with Crippen LogP contribution in [0.2, 0.25) is 0 Å². The molecular formula is C32H27N3O3. The lowest BCUT2D eigenvalue weighted by Crippen LogP contribution is -2.43. The lowest BCUT2D eigenvalue weighted by atomic mass is 9.83. The number of amides is 1. The zero-order valence-corrected chi connectivity index (χ0v) is 21.0. The third kappa shape index (κ3) is 4.49. The maximum Gasteiger partial charge on any atom is 0.266 e. The Morgan fingerprint density at radius 3 is 2.08 bits per heavy atom. The van der Waals surface area contributed by atoms with Gasteiger partial charge in [0, 0.05) is 5.56 Å². The van der Waals surface area contributed by atoms with Gasteiger partial charge in [-0.25, -0.2) is 9.79 Å². The van der Waals surface area contributed by atoms with E-state index in [1.165, 1.54) is 4.90 Å². The minimum atomic E-state index is -1.24. The highest BCUT2D eigenvalue weighted by Crippen LogP contribution is 2.40. The molecule has 0 aromatic heterocycles. The predicted molar refractivity (Wildman–Crippen MR) is 148 cm³/mol. The van der Waals surface area contributed by atoms with Gasteiger partial charge < -0.3 is 10.5 Å². The van der Waals surface area contributed by atoms with Gasteiger partial charge >= 0.3 is 0 Å². The quantitative estimate of drug-likeness (QED) is 0.267. The van der Waals surface area contributed by atoms with E-state index in [4.69, 9.17) is 15.5 Å². The number of aliphatic imine (C=N–C) groups is 1. The fourth-order valence-corrected chi connectivity index (χ4v) is 4.82. The van der Waals surface area contributed by atoms with E-state index in [9.17, 15) is 9.59 Å². The molecule has 0 spiro atoms. The van der Waals surface area contributed by atoms with Crippen LogP contribution in [0.25, 0.3) is 16.9 Å². The van der Waals surface area contributed by atoms with Gasteiger partial charge in [0.25, 0.3) is 5.91 Å². The van der Waals surface area contributed by atoms with Crippen molar-refractivity contribution in [2.45, 2.75) is 19.0 Å². The van der Waals surface area contributed by atoms with Crippen LogP contribution in [0, 0.1) is 0 Å². The van der Waals surface area contributed by atoms with Crippen molar-refractivity contribution in [1.82, 2.24) is 4.90 Å². The number of rotatable bonds is 8. The minimum absolute atomic E-state index is 0.174. The van der Waals surface area contributed by atoms with Crippen LogP contribution in [0.4, 0.5) is 0 Å². The molecule has 188 valence electrons. The molecule has 4 aromatic carbocycles. The first-order chi connectivity index (χ1) is 18.6. The van der Waals surface area contributed by atoms with Crippen LogP contribution >= 0.6 is 0 Å². The van der Waals surface area contributed by atoms with Gasteiger partial charge in [0.15, 0.2) is 17.4 Å². The molecule has 0 aliphatic carbocycles. The van der Waals surface area contributed by atoms with Crippen molar-refractivity contribution >= 4 is 23.6 Å². The molecule has 6 heteroatoms. The minimum Gasteiger partial charge on any atom is -0.483 e. The molecule has 1 amide bonds. The van der Waals surface area contributed by atoms with E-state index in [1.54, 1.807) is 0 Å². The van der Waals surface area contributed by atoms with Crippen LogP contribution in [-0.2, 0) is 26.4 Å². The van der Waals surface area contributed by atoms with E-state index < -0.39 is 5.54 Å².